The number of fused-ring (bicyclic) bond motifs is 3. The molecule has 0 amide bonds. The molecular weight excluding hydrogens is 415 g/mol. The maximum absolute atomic E-state index is 4.28. The van der Waals surface area contributed by atoms with Gasteiger partial charge in [-0.3, -0.25) is 0 Å². The molecule has 0 nitrogen and oxygen atoms in total. The fraction of sp³-hybridized carbons (Fsp3) is 0.250. The highest BCUT2D eigenvalue weighted by Crippen LogP contribution is 2.49. The van der Waals surface area contributed by atoms with Crippen LogP contribution >= 0.6 is 22.6 Å². The van der Waals surface area contributed by atoms with E-state index in [0.29, 0.717) is 0 Å². The number of benzene rings is 2. The van der Waals surface area contributed by atoms with Crippen LogP contribution in [0, 0.1) is 3.57 Å². The number of halogens is 1. The van der Waals surface area contributed by atoms with Gasteiger partial charge in [0.1, 0.15) is 0 Å². The van der Waals surface area contributed by atoms with E-state index < -0.39 is 0 Å². The molecule has 4 rings (SSSR count). The Morgan fingerprint density at radius 2 is 1.72 bits per heavy atom. The lowest BCUT2D eigenvalue weighted by Crippen LogP contribution is -2.15. The molecule has 1 heteroatoms. The van der Waals surface area contributed by atoms with E-state index in [9.17, 15) is 0 Å². The van der Waals surface area contributed by atoms with E-state index in [2.05, 4.69) is 98.5 Å². The Hall–Kier alpha value is -1.61. The summed E-state index contributed by atoms with van der Waals surface area (Å²) in [6, 6.07) is 13.8. The first kappa shape index (κ1) is 16.8. The minimum absolute atomic E-state index is 0.0478. The van der Waals surface area contributed by atoms with Crippen LogP contribution in [0.5, 0.6) is 0 Å². The van der Waals surface area contributed by atoms with Crippen molar-refractivity contribution in [1.29, 1.82) is 0 Å². The second kappa shape index (κ2) is 5.98. The van der Waals surface area contributed by atoms with Crippen LogP contribution in [0.4, 0.5) is 0 Å². The summed E-state index contributed by atoms with van der Waals surface area (Å²) in [6.07, 6.45) is 6.70. The molecule has 0 saturated carbocycles. The molecule has 126 valence electrons. The average Bonchev–Trinajstić information content (AvgIpc) is 2.82. The molecule has 2 aliphatic carbocycles. The third-order valence-electron chi connectivity index (χ3n) is 5.75. The molecule has 0 unspecified atom stereocenters. The molecule has 0 spiro atoms. The van der Waals surface area contributed by atoms with Gasteiger partial charge in [-0.05, 0) is 105 Å². The molecule has 2 aromatic rings. The summed E-state index contributed by atoms with van der Waals surface area (Å²) in [5.74, 6) is 0. The van der Waals surface area contributed by atoms with Gasteiger partial charge in [-0.2, -0.15) is 0 Å². The second-order valence-corrected chi connectivity index (χ2v) is 8.90. The van der Waals surface area contributed by atoms with Gasteiger partial charge in [0.15, 0.2) is 0 Å². The summed E-state index contributed by atoms with van der Waals surface area (Å²) in [5.41, 5.74) is 10.9. The topological polar surface area (TPSA) is 0 Å². The van der Waals surface area contributed by atoms with Crippen LogP contribution in [0.3, 0.4) is 0 Å². The van der Waals surface area contributed by atoms with E-state index in [-0.39, 0.29) is 5.41 Å². The van der Waals surface area contributed by atoms with Crippen molar-refractivity contribution >= 4 is 28.2 Å². The van der Waals surface area contributed by atoms with Crippen molar-refractivity contribution in [3.8, 4) is 11.1 Å². The highest BCUT2D eigenvalue weighted by molar-refractivity contribution is 14.1. The molecule has 0 heterocycles. The molecule has 25 heavy (non-hydrogen) atoms. The molecule has 0 N–H and O–H groups in total. The minimum atomic E-state index is 0.0478. The minimum Gasteiger partial charge on any atom is -0.0952 e. The van der Waals surface area contributed by atoms with Crippen molar-refractivity contribution in [1.82, 2.24) is 0 Å². The Bertz CT molecular complexity index is 954. The van der Waals surface area contributed by atoms with Crippen molar-refractivity contribution < 1.29 is 0 Å². The first-order valence-corrected chi connectivity index (χ1v) is 9.98. The zero-order chi connectivity index (χ0) is 17.8. The standard InChI is InChI=1S/C24H23I/c1-15-7-5-6-8-19(15)16(2)17-9-11-20-21-12-10-18(25)14-23(21)24(3,4)22(20)13-17/h6,8-14H,1,5,7H2,2-4H3/b19-16+. The molecule has 0 aromatic heterocycles. The van der Waals surface area contributed by atoms with Crippen molar-refractivity contribution in [2.45, 2.75) is 39.0 Å². The van der Waals surface area contributed by atoms with Crippen molar-refractivity contribution in [3.63, 3.8) is 0 Å². The maximum Gasteiger partial charge on any atom is 0.0159 e. The second-order valence-electron chi connectivity index (χ2n) is 7.66. The number of hydrogen-bond acceptors (Lipinski definition) is 0. The Labute approximate surface area is 164 Å². The lowest BCUT2D eigenvalue weighted by Gasteiger charge is -2.23. The Morgan fingerprint density at radius 1 is 1.04 bits per heavy atom. The highest BCUT2D eigenvalue weighted by atomic mass is 127. The normalized spacial score (nSPS) is 19.6. The number of hydrogen-bond donors (Lipinski definition) is 0. The van der Waals surface area contributed by atoms with E-state index >= 15 is 0 Å². The third kappa shape index (κ3) is 2.64. The molecule has 0 aliphatic heterocycles. The Kier molecular flexibility index (Phi) is 4.03. The fourth-order valence-corrected chi connectivity index (χ4v) is 4.69. The predicted molar refractivity (Wildman–Crippen MR) is 117 cm³/mol. The predicted octanol–water partition coefficient (Wildman–Crippen LogP) is 7.28. The van der Waals surface area contributed by atoms with Crippen molar-refractivity contribution in [3.05, 3.63) is 86.5 Å². The maximum atomic E-state index is 4.28. The van der Waals surface area contributed by atoms with Crippen LogP contribution in [0.15, 0.2) is 66.3 Å². The summed E-state index contributed by atoms with van der Waals surface area (Å²) >= 11 is 2.41. The van der Waals surface area contributed by atoms with E-state index in [1.54, 1.807) is 0 Å². The molecule has 0 radical (unpaired) electrons. The summed E-state index contributed by atoms with van der Waals surface area (Å²) in [5, 5.41) is 0. The van der Waals surface area contributed by atoms with Gasteiger partial charge in [0, 0.05) is 8.99 Å². The third-order valence-corrected chi connectivity index (χ3v) is 6.42. The Balaban J connectivity index is 1.88. The van der Waals surface area contributed by atoms with Gasteiger partial charge in [0.25, 0.3) is 0 Å². The Morgan fingerprint density at radius 3 is 2.44 bits per heavy atom. The van der Waals surface area contributed by atoms with E-state index in [4.69, 9.17) is 0 Å². The number of allylic oxidation sites excluding steroid dienone is 5. The van der Waals surface area contributed by atoms with Crippen LogP contribution in [-0.2, 0) is 5.41 Å². The molecule has 0 saturated heterocycles. The smallest absolute Gasteiger partial charge is 0.0159 e. The lowest BCUT2D eigenvalue weighted by atomic mass is 9.81. The first-order valence-electron chi connectivity index (χ1n) is 8.90. The van der Waals surface area contributed by atoms with E-state index in [1.165, 1.54) is 48.1 Å². The van der Waals surface area contributed by atoms with E-state index in [0.717, 1.165) is 12.8 Å². The molecule has 2 aliphatic rings. The van der Waals surface area contributed by atoms with Crippen LogP contribution in [0.25, 0.3) is 16.7 Å². The molecule has 2 aromatic carbocycles. The van der Waals surface area contributed by atoms with Crippen LogP contribution in [0.2, 0.25) is 0 Å². The first-order chi connectivity index (χ1) is 11.9. The van der Waals surface area contributed by atoms with Gasteiger partial charge in [-0.1, -0.05) is 50.8 Å². The van der Waals surface area contributed by atoms with Crippen molar-refractivity contribution in [2.75, 3.05) is 0 Å². The summed E-state index contributed by atoms with van der Waals surface area (Å²) < 4.78 is 1.30. The monoisotopic (exact) mass is 438 g/mol. The zero-order valence-corrected chi connectivity index (χ0v) is 17.3. The van der Waals surface area contributed by atoms with Crippen LogP contribution < -0.4 is 0 Å². The molecular formula is C24H23I. The summed E-state index contributed by atoms with van der Waals surface area (Å²) in [6.45, 7) is 11.2. The van der Waals surface area contributed by atoms with Gasteiger partial charge < -0.3 is 0 Å². The molecule has 0 bridgehead atoms. The molecule has 0 fully saturated rings. The molecule has 0 atom stereocenters. The van der Waals surface area contributed by atoms with E-state index in [1.807, 2.05) is 0 Å². The average molecular weight is 438 g/mol. The van der Waals surface area contributed by atoms with Crippen LogP contribution in [0.1, 0.15) is 50.3 Å². The summed E-state index contributed by atoms with van der Waals surface area (Å²) in [7, 11) is 0. The van der Waals surface area contributed by atoms with Crippen molar-refractivity contribution in [2.24, 2.45) is 0 Å². The van der Waals surface area contributed by atoms with Gasteiger partial charge >= 0.3 is 0 Å². The number of rotatable bonds is 1. The highest BCUT2D eigenvalue weighted by Gasteiger charge is 2.35. The van der Waals surface area contributed by atoms with Crippen LogP contribution in [-0.4, -0.2) is 0 Å². The quantitative estimate of drug-likeness (QED) is 0.411. The lowest BCUT2D eigenvalue weighted by molar-refractivity contribution is 0.659. The van der Waals surface area contributed by atoms with Gasteiger partial charge in [-0.15, -0.1) is 0 Å². The SMILES string of the molecule is C=C1CCC=C/C1=C(/C)c1ccc2c(c1)C(C)(C)c1cc(I)ccc1-2. The van der Waals surface area contributed by atoms with Gasteiger partial charge in [0.2, 0.25) is 0 Å². The van der Waals surface area contributed by atoms with Gasteiger partial charge in [-0.25, -0.2) is 0 Å². The zero-order valence-electron chi connectivity index (χ0n) is 15.1. The fourth-order valence-electron chi connectivity index (χ4n) is 4.20. The summed E-state index contributed by atoms with van der Waals surface area (Å²) in [4.78, 5) is 0. The van der Waals surface area contributed by atoms with Gasteiger partial charge in [0.05, 0.1) is 0 Å². The largest absolute Gasteiger partial charge is 0.0952 e.